The number of sulfonamides is 1. The lowest BCUT2D eigenvalue weighted by Gasteiger charge is -2.31. The van der Waals surface area contributed by atoms with Gasteiger partial charge in [0.2, 0.25) is 5.37 Å². The van der Waals surface area contributed by atoms with Gasteiger partial charge in [0, 0.05) is 6.54 Å². The quantitative estimate of drug-likeness (QED) is 0.681. The molecule has 6 nitrogen and oxygen atoms in total. The Balaban J connectivity index is 2.42. The average Bonchev–Trinajstić information content (AvgIpc) is 2.46. The molecule has 0 aromatic heterocycles. The normalized spacial score (nSPS) is 33.3. The summed E-state index contributed by atoms with van der Waals surface area (Å²) in [6.07, 6.45) is -0.809. The molecule has 2 unspecified atom stereocenters. The maximum absolute atomic E-state index is 11.9. The molecule has 1 saturated heterocycles. The van der Waals surface area contributed by atoms with Crippen molar-refractivity contribution in [3.8, 4) is 0 Å². The van der Waals surface area contributed by atoms with E-state index in [4.69, 9.17) is 4.74 Å². The van der Waals surface area contributed by atoms with Gasteiger partial charge in [0.25, 0.3) is 10.0 Å². The summed E-state index contributed by atoms with van der Waals surface area (Å²) >= 11 is 1.17. The second-order valence-electron chi connectivity index (χ2n) is 3.12. The Hall–Kier alpha value is -0.760. The monoisotopic (exact) mass is 250 g/mol. The topological polar surface area (TPSA) is 76.0 Å². The Labute approximate surface area is 91.7 Å². The third-order valence-electron chi connectivity index (χ3n) is 2.15. The van der Waals surface area contributed by atoms with Crippen molar-refractivity contribution in [2.75, 3.05) is 6.54 Å². The van der Waals surface area contributed by atoms with Crippen LogP contribution < -0.4 is 0 Å². The van der Waals surface area contributed by atoms with Crippen LogP contribution in [0.1, 0.15) is 13.8 Å². The van der Waals surface area contributed by atoms with Crippen LogP contribution in [0.15, 0.2) is 4.99 Å². The fourth-order valence-electron chi connectivity index (χ4n) is 1.49. The van der Waals surface area contributed by atoms with Crippen LogP contribution in [0.5, 0.6) is 0 Å². The first kappa shape index (κ1) is 10.7. The van der Waals surface area contributed by atoms with Gasteiger partial charge >= 0.3 is 6.09 Å². The summed E-state index contributed by atoms with van der Waals surface area (Å²) in [7, 11) is -3.68. The second-order valence-corrected chi connectivity index (χ2v) is 6.36. The van der Waals surface area contributed by atoms with Crippen molar-refractivity contribution in [1.29, 1.82) is 0 Å². The molecule has 0 aromatic carbocycles. The Bertz CT molecular complexity index is 430. The van der Waals surface area contributed by atoms with Gasteiger partial charge in [-0.25, -0.2) is 17.5 Å². The molecule has 1 amide bonds. The number of aliphatic imine (C=N–C) groups is 1. The van der Waals surface area contributed by atoms with Gasteiger partial charge in [-0.2, -0.15) is 0 Å². The van der Waals surface area contributed by atoms with Crippen molar-refractivity contribution < 1.29 is 17.9 Å². The number of ether oxygens (including phenoxy) is 1. The Morgan fingerprint density at radius 3 is 2.87 bits per heavy atom. The molecule has 0 aromatic rings. The molecule has 0 N–H and O–H groups in total. The van der Waals surface area contributed by atoms with Gasteiger partial charge in [0.15, 0.2) is 5.44 Å². The first-order valence-corrected chi connectivity index (χ1v) is 6.78. The molecule has 2 atom stereocenters. The number of carbonyl (C=O) groups excluding carboxylic acids is 1. The number of hydrogen-bond acceptors (Lipinski definition) is 6. The van der Waals surface area contributed by atoms with Gasteiger partial charge in [-0.15, -0.1) is 0 Å². The van der Waals surface area contributed by atoms with Crippen LogP contribution in [0.4, 0.5) is 4.79 Å². The first-order valence-electron chi connectivity index (χ1n) is 4.40. The number of amides is 1. The van der Waals surface area contributed by atoms with Crippen molar-refractivity contribution in [3.63, 3.8) is 0 Å². The van der Waals surface area contributed by atoms with E-state index < -0.39 is 26.9 Å². The molecular weight excluding hydrogens is 240 g/mol. The molecule has 2 aliphatic rings. The summed E-state index contributed by atoms with van der Waals surface area (Å²) in [6.45, 7) is 3.35. The molecule has 0 saturated carbocycles. The van der Waals surface area contributed by atoms with E-state index in [0.29, 0.717) is 5.04 Å². The highest BCUT2D eigenvalue weighted by Gasteiger charge is 2.50. The zero-order valence-corrected chi connectivity index (χ0v) is 9.84. The third-order valence-corrected chi connectivity index (χ3v) is 5.34. The molecule has 8 heteroatoms. The predicted octanol–water partition coefficient (Wildman–Crippen LogP) is 0.606. The molecular formula is C7H10N2O4S2. The molecule has 1 fully saturated rings. The minimum atomic E-state index is -3.68. The van der Waals surface area contributed by atoms with Crippen LogP contribution in [-0.2, 0) is 14.8 Å². The summed E-state index contributed by atoms with van der Waals surface area (Å²) in [6, 6.07) is 0. The molecule has 15 heavy (non-hydrogen) atoms. The Morgan fingerprint density at radius 1 is 1.60 bits per heavy atom. The second kappa shape index (κ2) is 3.38. The summed E-state index contributed by atoms with van der Waals surface area (Å²) in [5.74, 6) is 0. The highest BCUT2D eigenvalue weighted by molar-refractivity contribution is 8.15. The van der Waals surface area contributed by atoms with E-state index in [2.05, 4.69) is 4.99 Å². The van der Waals surface area contributed by atoms with Crippen molar-refractivity contribution in [1.82, 2.24) is 4.31 Å². The molecule has 84 valence electrons. The lowest BCUT2D eigenvalue weighted by atomic mass is 10.6. The van der Waals surface area contributed by atoms with Gasteiger partial charge in [-0.1, -0.05) is 11.8 Å². The molecule has 0 bridgehead atoms. The van der Waals surface area contributed by atoms with E-state index in [-0.39, 0.29) is 6.54 Å². The van der Waals surface area contributed by atoms with E-state index >= 15 is 0 Å². The zero-order valence-electron chi connectivity index (χ0n) is 8.21. The Morgan fingerprint density at radius 2 is 2.27 bits per heavy atom. The number of hydrogen-bond donors (Lipinski definition) is 0. The number of fused-ring (bicyclic) bond motifs is 1. The van der Waals surface area contributed by atoms with Gasteiger partial charge in [0.05, 0.1) is 5.04 Å². The SMILES string of the molecule is CCN1C(=O)OC2SC(C)=NC2S1(=O)=O. The molecule has 0 spiro atoms. The maximum Gasteiger partial charge on any atom is 0.424 e. The van der Waals surface area contributed by atoms with Crippen molar-refractivity contribution in [3.05, 3.63) is 0 Å². The molecule has 2 rings (SSSR count). The fourth-order valence-corrected chi connectivity index (χ4v) is 4.46. The predicted molar refractivity (Wildman–Crippen MR) is 56.1 cm³/mol. The lowest BCUT2D eigenvalue weighted by molar-refractivity contribution is 0.104. The maximum atomic E-state index is 11.9. The first-order chi connectivity index (χ1) is 6.96. The van der Waals surface area contributed by atoms with Crippen LogP contribution in [0.2, 0.25) is 0 Å². The zero-order chi connectivity index (χ0) is 11.2. The van der Waals surface area contributed by atoms with E-state index in [9.17, 15) is 13.2 Å². The van der Waals surface area contributed by atoms with Crippen LogP contribution in [0.25, 0.3) is 0 Å². The summed E-state index contributed by atoms with van der Waals surface area (Å²) in [4.78, 5) is 15.3. The standard InChI is InChI=1S/C7H10N2O4S2/c1-3-9-7(10)13-6-5(15(9,11)12)8-4(2)14-6/h5-6H,3H2,1-2H3. The number of nitrogens with zero attached hydrogens (tertiary/aromatic N) is 2. The van der Waals surface area contributed by atoms with Crippen molar-refractivity contribution >= 4 is 32.9 Å². The lowest BCUT2D eigenvalue weighted by Crippen LogP contribution is -2.51. The van der Waals surface area contributed by atoms with Crippen LogP contribution in [-0.4, -0.2) is 41.2 Å². The number of rotatable bonds is 1. The summed E-state index contributed by atoms with van der Waals surface area (Å²) in [5, 5.41) is -0.348. The molecule has 0 radical (unpaired) electrons. The van der Waals surface area contributed by atoms with E-state index in [1.54, 1.807) is 13.8 Å². The van der Waals surface area contributed by atoms with Gasteiger partial charge in [0.1, 0.15) is 0 Å². The highest BCUT2D eigenvalue weighted by atomic mass is 32.2. The fraction of sp³-hybridized carbons (Fsp3) is 0.714. The van der Waals surface area contributed by atoms with E-state index in [0.717, 1.165) is 4.31 Å². The van der Waals surface area contributed by atoms with Crippen molar-refractivity contribution in [2.45, 2.75) is 24.7 Å². The minimum Gasteiger partial charge on any atom is -0.430 e. The number of carbonyl (C=O) groups is 1. The third kappa shape index (κ3) is 1.51. The smallest absolute Gasteiger partial charge is 0.424 e. The van der Waals surface area contributed by atoms with Crippen LogP contribution in [0.3, 0.4) is 0 Å². The molecule has 0 aliphatic carbocycles. The van der Waals surface area contributed by atoms with Crippen LogP contribution >= 0.6 is 11.8 Å². The Kier molecular flexibility index (Phi) is 2.42. The van der Waals surface area contributed by atoms with Crippen LogP contribution in [0, 0.1) is 0 Å². The van der Waals surface area contributed by atoms with Crippen molar-refractivity contribution in [2.24, 2.45) is 4.99 Å². The minimum absolute atomic E-state index is 0.0730. The summed E-state index contributed by atoms with van der Waals surface area (Å²) in [5.41, 5.74) is -0.717. The largest absolute Gasteiger partial charge is 0.430 e. The molecule has 2 aliphatic heterocycles. The number of thioether (sulfide) groups is 1. The summed E-state index contributed by atoms with van der Waals surface area (Å²) < 4.78 is 29.5. The van der Waals surface area contributed by atoms with Gasteiger partial charge < -0.3 is 4.74 Å². The van der Waals surface area contributed by atoms with E-state index in [1.165, 1.54) is 11.8 Å². The van der Waals surface area contributed by atoms with Gasteiger partial charge in [-0.3, -0.25) is 4.99 Å². The average molecular weight is 250 g/mol. The highest BCUT2D eigenvalue weighted by Crippen LogP contribution is 2.36. The molecule has 2 heterocycles. The van der Waals surface area contributed by atoms with E-state index in [1.807, 2.05) is 0 Å². The van der Waals surface area contributed by atoms with Gasteiger partial charge in [-0.05, 0) is 13.8 Å².